The number of carboxylic acids is 1. The Balaban J connectivity index is 0.00000441. The van der Waals surface area contributed by atoms with Crippen molar-refractivity contribution in [2.45, 2.75) is 39.3 Å². The summed E-state index contributed by atoms with van der Waals surface area (Å²) in [6, 6.07) is 7.60. The second kappa shape index (κ2) is 12.7. The molecule has 218 valence electrons. The van der Waals surface area contributed by atoms with Crippen LogP contribution in [0.3, 0.4) is 0 Å². The van der Waals surface area contributed by atoms with Gasteiger partial charge in [0.15, 0.2) is 23.1 Å². The molecule has 2 aromatic rings. The van der Waals surface area contributed by atoms with Crippen molar-refractivity contribution in [3.63, 3.8) is 0 Å². The third-order valence-electron chi connectivity index (χ3n) is 7.35. The number of carboxylic acid groups (broad SMARTS) is 1. The summed E-state index contributed by atoms with van der Waals surface area (Å²) in [7, 11) is 2.78. The maximum absolute atomic E-state index is 15.2. The lowest BCUT2D eigenvalue weighted by molar-refractivity contribution is -0.138. The molecule has 0 radical (unpaired) electrons. The van der Waals surface area contributed by atoms with Crippen LogP contribution in [0.2, 0.25) is 0 Å². The van der Waals surface area contributed by atoms with Crippen LogP contribution in [0.5, 0.6) is 11.5 Å². The highest BCUT2D eigenvalue weighted by molar-refractivity contribution is 8.93. The maximum atomic E-state index is 15.2. The number of benzene rings is 2. The van der Waals surface area contributed by atoms with E-state index in [4.69, 9.17) is 20.0 Å². The van der Waals surface area contributed by atoms with Gasteiger partial charge in [0, 0.05) is 44.8 Å². The number of hydrogen-bond acceptors (Lipinski definition) is 7. The fourth-order valence-corrected chi connectivity index (χ4v) is 5.16. The predicted molar refractivity (Wildman–Crippen MR) is 156 cm³/mol. The molecule has 9 nitrogen and oxygen atoms in total. The van der Waals surface area contributed by atoms with E-state index in [0.717, 1.165) is 24.2 Å². The van der Waals surface area contributed by atoms with E-state index in [1.54, 1.807) is 11.0 Å². The van der Waals surface area contributed by atoms with Crippen molar-refractivity contribution >= 4 is 34.6 Å². The van der Waals surface area contributed by atoms with Crippen molar-refractivity contribution in [2.24, 2.45) is 0 Å². The number of ketones is 1. The van der Waals surface area contributed by atoms with E-state index >= 15 is 4.39 Å². The summed E-state index contributed by atoms with van der Waals surface area (Å²) >= 11 is 0. The standard InChI is InChI=1S/C29H37FN4O5.BrH/c1-29(2,3)21-11-18(14-32-6-8-33(9-7-32)17-24(36)37)10-19(12-21)22(35)16-34-15-20-13-23(38-4)27(39-5)26(30)25(20)28(34)31;/h10-13,31H,6-9,14-17H2,1-5H3,(H,36,37);1H. The lowest BCUT2D eigenvalue weighted by Gasteiger charge is -2.34. The van der Waals surface area contributed by atoms with E-state index in [9.17, 15) is 9.59 Å². The summed E-state index contributed by atoms with van der Waals surface area (Å²) in [5.74, 6) is -1.48. The Morgan fingerprint density at radius 3 is 2.23 bits per heavy atom. The highest BCUT2D eigenvalue weighted by Gasteiger charge is 2.33. The summed E-state index contributed by atoms with van der Waals surface area (Å²) in [4.78, 5) is 30.3. The predicted octanol–water partition coefficient (Wildman–Crippen LogP) is 3.94. The number of amidine groups is 1. The van der Waals surface area contributed by atoms with Crippen LogP contribution >= 0.6 is 17.0 Å². The summed E-state index contributed by atoms with van der Waals surface area (Å²) in [6.45, 7) is 10.0. The van der Waals surface area contributed by atoms with Gasteiger partial charge in [0.1, 0.15) is 5.84 Å². The van der Waals surface area contributed by atoms with Gasteiger partial charge in [-0.15, -0.1) is 17.0 Å². The monoisotopic (exact) mass is 620 g/mol. The number of rotatable bonds is 9. The van der Waals surface area contributed by atoms with Crippen LogP contribution in [-0.2, 0) is 23.3 Å². The van der Waals surface area contributed by atoms with E-state index in [1.807, 2.05) is 17.0 Å². The molecule has 0 spiro atoms. The average Bonchev–Trinajstić information content (AvgIpc) is 3.18. The minimum absolute atomic E-state index is 0. The molecule has 4 rings (SSSR count). The van der Waals surface area contributed by atoms with Crippen molar-refractivity contribution in [2.75, 3.05) is 53.5 Å². The second-order valence-corrected chi connectivity index (χ2v) is 11.2. The largest absolute Gasteiger partial charge is 0.493 e. The highest BCUT2D eigenvalue weighted by Crippen LogP contribution is 2.38. The molecule has 2 N–H and O–H groups in total. The summed E-state index contributed by atoms with van der Waals surface area (Å²) in [5.41, 5.74) is 3.13. The van der Waals surface area contributed by atoms with Crippen LogP contribution in [0, 0.1) is 11.2 Å². The SMILES string of the molecule is Br.COc1cc2c(c(F)c1OC)C(=N)N(CC(=O)c1cc(CN3CCN(CC(=O)O)CC3)cc(C(C)(C)C)c1)C2. The normalized spacial score (nSPS) is 15.9. The number of nitrogens with one attached hydrogen (secondary N) is 1. The molecule has 0 amide bonds. The molecular formula is C29H38BrFN4O5. The smallest absolute Gasteiger partial charge is 0.317 e. The molecule has 0 atom stereocenters. The fraction of sp³-hybridized carbons (Fsp3) is 0.483. The number of hydrogen-bond donors (Lipinski definition) is 2. The van der Waals surface area contributed by atoms with Gasteiger partial charge in [-0.3, -0.25) is 24.8 Å². The first-order valence-corrected chi connectivity index (χ1v) is 13.0. The van der Waals surface area contributed by atoms with Gasteiger partial charge in [-0.1, -0.05) is 26.8 Å². The van der Waals surface area contributed by atoms with E-state index in [2.05, 4.69) is 31.7 Å². The molecule has 0 aliphatic carbocycles. The van der Waals surface area contributed by atoms with Gasteiger partial charge in [-0.25, -0.2) is 4.39 Å². The number of nitrogens with zero attached hydrogens (tertiary/aromatic N) is 3. The molecule has 1 saturated heterocycles. The molecule has 2 aromatic carbocycles. The number of Topliss-reactive ketones (excluding diaryl/α,β-unsaturated/α-hetero) is 1. The molecular weight excluding hydrogens is 583 g/mol. The third-order valence-corrected chi connectivity index (χ3v) is 7.35. The molecule has 0 aromatic heterocycles. The number of carbonyl (C=O) groups is 2. The van der Waals surface area contributed by atoms with Crippen molar-refractivity contribution < 1.29 is 28.6 Å². The highest BCUT2D eigenvalue weighted by atomic mass is 79.9. The Hall–Kier alpha value is -3.02. The molecule has 11 heteroatoms. The van der Waals surface area contributed by atoms with Crippen LogP contribution in [0.25, 0.3) is 0 Å². The van der Waals surface area contributed by atoms with Crippen LogP contribution < -0.4 is 9.47 Å². The van der Waals surface area contributed by atoms with E-state index in [-0.39, 0.29) is 70.7 Å². The molecule has 40 heavy (non-hydrogen) atoms. The summed E-state index contributed by atoms with van der Waals surface area (Å²) in [6.07, 6.45) is 0. The molecule has 0 bridgehead atoms. The van der Waals surface area contributed by atoms with Gasteiger partial charge in [0.2, 0.25) is 0 Å². The van der Waals surface area contributed by atoms with Crippen LogP contribution in [0.4, 0.5) is 4.39 Å². The number of halogens is 2. The van der Waals surface area contributed by atoms with E-state index in [0.29, 0.717) is 30.8 Å². The van der Waals surface area contributed by atoms with E-state index < -0.39 is 11.8 Å². The molecule has 0 saturated carbocycles. The van der Waals surface area contributed by atoms with Crippen LogP contribution in [-0.4, -0.2) is 90.9 Å². The number of piperazine rings is 1. The topological polar surface area (TPSA) is 106 Å². The van der Waals surface area contributed by atoms with Gasteiger partial charge in [-0.2, -0.15) is 0 Å². The summed E-state index contributed by atoms with van der Waals surface area (Å²) in [5, 5.41) is 17.6. The zero-order chi connectivity index (χ0) is 28.5. The second-order valence-electron chi connectivity index (χ2n) is 11.2. The molecule has 2 heterocycles. The first kappa shape index (κ1) is 31.5. The molecule has 2 aliphatic rings. The van der Waals surface area contributed by atoms with Gasteiger partial charge in [-0.05, 0) is 40.3 Å². The third kappa shape index (κ3) is 6.82. The average molecular weight is 622 g/mol. The number of fused-ring (bicyclic) bond motifs is 1. The lowest BCUT2D eigenvalue weighted by atomic mass is 9.84. The number of aliphatic carboxylic acids is 1. The first-order valence-electron chi connectivity index (χ1n) is 13.0. The van der Waals surface area contributed by atoms with Gasteiger partial charge in [0.05, 0.1) is 32.9 Å². The van der Waals surface area contributed by atoms with Crippen LogP contribution in [0.15, 0.2) is 24.3 Å². The number of carbonyl (C=O) groups excluding carboxylic acids is 1. The number of methoxy groups -OCH3 is 2. The zero-order valence-electron chi connectivity index (χ0n) is 23.7. The maximum Gasteiger partial charge on any atom is 0.317 e. The Labute approximate surface area is 245 Å². The molecule has 1 fully saturated rings. The van der Waals surface area contributed by atoms with E-state index in [1.165, 1.54) is 14.2 Å². The quantitative estimate of drug-likeness (QED) is 0.406. The number of ether oxygens (including phenoxy) is 2. The van der Waals surface area contributed by atoms with Crippen molar-refractivity contribution in [3.05, 3.63) is 57.9 Å². The molecule has 2 aliphatic heterocycles. The summed E-state index contributed by atoms with van der Waals surface area (Å²) < 4.78 is 25.6. The first-order chi connectivity index (χ1) is 18.4. The Morgan fingerprint density at radius 1 is 1.00 bits per heavy atom. The minimum Gasteiger partial charge on any atom is -0.493 e. The van der Waals surface area contributed by atoms with Crippen molar-refractivity contribution in [3.8, 4) is 11.5 Å². The Kier molecular flexibility index (Phi) is 9.97. The Bertz CT molecular complexity index is 1290. The van der Waals surface area contributed by atoms with Crippen molar-refractivity contribution in [1.82, 2.24) is 14.7 Å². The minimum atomic E-state index is -0.820. The zero-order valence-corrected chi connectivity index (χ0v) is 25.4. The van der Waals surface area contributed by atoms with Crippen LogP contribution in [0.1, 0.15) is 53.4 Å². The fourth-order valence-electron chi connectivity index (χ4n) is 5.16. The van der Waals surface area contributed by atoms with Gasteiger partial charge < -0.3 is 19.5 Å². The lowest BCUT2D eigenvalue weighted by Crippen LogP contribution is -2.47. The molecule has 0 unspecified atom stereocenters. The van der Waals surface area contributed by atoms with Crippen molar-refractivity contribution in [1.29, 1.82) is 5.41 Å². The van der Waals surface area contributed by atoms with Gasteiger partial charge >= 0.3 is 5.97 Å². The Morgan fingerprint density at radius 2 is 1.65 bits per heavy atom. The van der Waals surface area contributed by atoms with Gasteiger partial charge in [0.25, 0.3) is 0 Å².